The quantitative estimate of drug-likeness (QED) is 0.572. The summed E-state index contributed by atoms with van der Waals surface area (Å²) >= 11 is 2.48. The number of anilines is 2. The fourth-order valence-corrected chi connectivity index (χ4v) is 3.20. The van der Waals surface area contributed by atoms with E-state index in [0.717, 1.165) is 0 Å². The van der Waals surface area contributed by atoms with Crippen molar-refractivity contribution < 1.29 is 19.1 Å². The molecule has 0 radical (unpaired) electrons. The minimum Gasteiger partial charge on any atom is -0.493 e. The Bertz CT molecular complexity index is 735. The third-order valence-electron chi connectivity index (χ3n) is 2.67. The van der Waals surface area contributed by atoms with Crippen molar-refractivity contribution in [1.82, 2.24) is 10.2 Å². The highest BCUT2D eigenvalue weighted by Crippen LogP contribution is 2.30. The predicted molar refractivity (Wildman–Crippen MR) is 93.5 cm³/mol. The number of Topliss-reactive ketones (excluding diaryl/α,β-unsaturated/α-hetero) is 1. The SMILES string of the molecule is COc1ccc(NC(=O)Nc2nnc(SCC(C)=O)s2)cc1OC. The number of aromatic nitrogens is 2. The molecule has 2 aromatic rings. The minimum absolute atomic E-state index is 0.0518. The second-order valence-electron chi connectivity index (χ2n) is 4.51. The van der Waals surface area contributed by atoms with Gasteiger partial charge in [0.25, 0.3) is 0 Å². The van der Waals surface area contributed by atoms with Crippen LogP contribution in [0.15, 0.2) is 22.5 Å². The van der Waals surface area contributed by atoms with E-state index >= 15 is 0 Å². The maximum absolute atomic E-state index is 12.0. The number of carbonyl (C=O) groups excluding carboxylic acids is 2. The summed E-state index contributed by atoms with van der Waals surface area (Å²) in [5.41, 5.74) is 0.542. The van der Waals surface area contributed by atoms with Gasteiger partial charge in [0.15, 0.2) is 15.8 Å². The van der Waals surface area contributed by atoms with Gasteiger partial charge in [0.1, 0.15) is 5.78 Å². The van der Waals surface area contributed by atoms with Crippen LogP contribution in [0.25, 0.3) is 0 Å². The average molecular weight is 368 g/mol. The number of nitrogens with one attached hydrogen (secondary N) is 2. The van der Waals surface area contributed by atoms with Gasteiger partial charge in [0.2, 0.25) is 5.13 Å². The van der Waals surface area contributed by atoms with E-state index in [2.05, 4.69) is 20.8 Å². The summed E-state index contributed by atoms with van der Waals surface area (Å²) in [7, 11) is 3.05. The molecule has 1 aromatic carbocycles. The molecule has 0 atom stereocenters. The van der Waals surface area contributed by atoms with Gasteiger partial charge in [-0.2, -0.15) is 0 Å². The van der Waals surface area contributed by atoms with E-state index < -0.39 is 6.03 Å². The fourth-order valence-electron chi connectivity index (χ4n) is 1.66. The lowest BCUT2D eigenvalue weighted by Crippen LogP contribution is -2.19. The van der Waals surface area contributed by atoms with Gasteiger partial charge in [-0.1, -0.05) is 23.1 Å². The monoisotopic (exact) mass is 368 g/mol. The smallest absolute Gasteiger partial charge is 0.325 e. The van der Waals surface area contributed by atoms with Crippen molar-refractivity contribution in [2.45, 2.75) is 11.3 Å². The Labute approximate surface area is 146 Å². The summed E-state index contributed by atoms with van der Waals surface area (Å²) in [6.45, 7) is 1.50. The zero-order valence-corrected chi connectivity index (χ0v) is 14.9. The number of amides is 2. The van der Waals surface area contributed by atoms with Gasteiger partial charge in [0, 0.05) is 11.8 Å². The summed E-state index contributed by atoms with van der Waals surface area (Å²) in [6, 6.07) is 4.57. The third-order valence-corrected chi connectivity index (χ3v) is 4.78. The first-order chi connectivity index (χ1) is 11.5. The van der Waals surface area contributed by atoms with Crippen molar-refractivity contribution in [3.05, 3.63) is 18.2 Å². The largest absolute Gasteiger partial charge is 0.493 e. The summed E-state index contributed by atoms with van der Waals surface area (Å²) in [5.74, 6) is 1.46. The molecule has 2 amide bonds. The molecule has 1 aromatic heterocycles. The molecule has 0 bridgehead atoms. The molecule has 2 rings (SSSR count). The van der Waals surface area contributed by atoms with Gasteiger partial charge in [-0.05, 0) is 19.1 Å². The number of hydrogen-bond acceptors (Lipinski definition) is 8. The topological polar surface area (TPSA) is 102 Å². The molecule has 0 aliphatic carbocycles. The van der Waals surface area contributed by atoms with Crippen LogP contribution in [0.3, 0.4) is 0 Å². The van der Waals surface area contributed by atoms with Crippen molar-refractivity contribution in [3.63, 3.8) is 0 Å². The molecule has 0 unspecified atom stereocenters. The zero-order valence-electron chi connectivity index (χ0n) is 13.3. The predicted octanol–water partition coefficient (Wildman–Crippen LogP) is 2.88. The Morgan fingerprint density at radius 3 is 2.58 bits per heavy atom. The highest BCUT2D eigenvalue weighted by atomic mass is 32.2. The fraction of sp³-hybridized carbons (Fsp3) is 0.286. The number of ketones is 1. The number of nitrogens with zero attached hydrogens (tertiary/aromatic N) is 2. The first kappa shape index (κ1) is 18.0. The van der Waals surface area contributed by atoms with Gasteiger partial charge in [-0.15, -0.1) is 10.2 Å². The molecule has 0 aliphatic rings. The number of rotatable bonds is 7. The number of urea groups is 1. The van der Waals surface area contributed by atoms with Gasteiger partial charge >= 0.3 is 6.03 Å². The number of thioether (sulfide) groups is 1. The molecule has 1 heterocycles. The second-order valence-corrected chi connectivity index (χ2v) is 6.71. The number of carbonyl (C=O) groups is 2. The van der Waals surface area contributed by atoms with Gasteiger partial charge in [-0.3, -0.25) is 10.1 Å². The van der Waals surface area contributed by atoms with Gasteiger partial charge in [-0.25, -0.2) is 4.79 Å². The number of hydrogen-bond donors (Lipinski definition) is 2. The normalized spacial score (nSPS) is 10.1. The average Bonchev–Trinajstić information content (AvgIpc) is 3.00. The van der Waals surface area contributed by atoms with Crippen molar-refractivity contribution in [2.75, 3.05) is 30.6 Å². The van der Waals surface area contributed by atoms with E-state index in [1.54, 1.807) is 18.2 Å². The van der Waals surface area contributed by atoms with E-state index in [1.807, 2.05) is 0 Å². The first-order valence-corrected chi connectivity index (χ1v) is 8.57. The molecule has 24 heavy (non-hydrogen) atoms. The van der Waals surface area contributed by atoms with Crippen molar-refractivity contribution in [3.8, 4) is 11.5 Å². The van der Waals surface area contributed by atoms with Gasteiger partial charge in [0.05, 0.1) is 20.0 Å². The summed E-state index contributed by atoms with van der Waals surface area (Å²) in [4.78, 5) is 22.9. The Morgan fingerprint density at radius 1 is 1.17 bits per heavy atom. The minimum atomic E-state index is -0.457. The van der Waals surface area contributed by atoms with Crippen LogP contribution >= 0.6 is 23.1 Å². The van der Waals surface area contributed by atoms with Crippen LogP contribution in [0.1, 0.15) is 6.92 Å². The standard InChI is InChI=1S/C14H16N4O4S2/c1-8(19)7-23-14-18-17-13(24-14)16-12(20)15-9-4-5-10(21-2)11(6-9)22-3/h4-6H,7H2,1-3H3,(H2,15,16,17,20). The van der Waals surface area contributed by atoms with Crippen molar-refractivity contribution >= 4 is 45.7 Å². The van der Waals surface area contributed by atoms with E-state index in [-0.39, 0.29) is 5.78 Å². The lowest BCUT2D eigenvalue weighted by atomic mass is 10.3. The number of methoxy groups -OCH3 is 2. The number of benzene rings is 1. The summed E-state index contributed by atoms with van der Waals surface area (Å²) in [6.07, 6.45) is 0. The summed E-state index contributed by atoms with van der Waals surface area (Å²) in [5, 5.41) is 13.4. The van der Waals surface area contributed by atoms with E-state index in [4.69, 9.17) is 9.47 Å². The molecule has 0 spiro atoms. The summed E-state index contributed by atoms with van der Waals surface area (Å²) < 4.78 is 10.9. The molecule has 0 saturated heterocycles. The molecule has 10 heteroatoms. The van der Waals surface area contributed by atoms with Crippen LogP contribution in [0.2, 0.25) is 0 Å². The van der Waals surface area contributed by atoms with Crippen LogP contribution in [0.4, 0.5) is 15.6 Å². The maximum atomic E-state index is 12.0. The second kappa shape index (κ2) is 8.50. The molecule has 0 aliphatic heterocycles. The Hall–Kier alpha value is -2.33. The van der Waals surface area contributed by atoms with Crippen LogP contribution in [0.5, 0.6) is 11.5 Å². The number of ether oxygens (including phenoxy) is 2. The zero-order chi connectivity index (χ0) is 17.5. The van der Waals surface area contributed by atoms with E-state index in [0.29, 0.717) is 32.4 Å². The Balaban J connectivity index is 1.94. The van der Waals surface area contributed by atoms with Crippen LogP contribution in [-0.4, -0.2) is 42.0 Å². The lowest BCUT2D eigenvalue weighted by Gasteiger charge is -2.10. The van der Waals surface area contributed by atoms with Crippen molar-refractivity contribution in [2.24, 2.45) is 0 Å². The van der Waals surface area contributed by atoms with Crippen LogP contribution in [0, 0.1) is 0 Å². The molecule has 0 saturated carbocycles. The maximum Gasteiger partial charge on any atom is 0.325 e. The Morgan fingerprint density at radius 2 is 1.92 bits per heavy atom. The molecule has 8 nitrogen and oxygen atoms in total. The molecule has 2 N–H and O–H groups in total. The van der Waals surface area contributed by atoms with E-state index in [9.17, 15) is 9.59 Å². The molecular formula is C14H16N4O4S2. The molecule has 0 fully saturated rings. The molecular weight excluding hydrogens is 352 g/mol. The highest BCUT2D eigenvalue weighted by molar-refractivity contribution is 8.01. The molecule has 128 valence electrons. The first-order valence-electron chi connectivity index (χ1n) is 6.77. The lowest BCUT2D eigenvalue weighted by molar-refractivity contribution is -0.114. The van der Waals surface area contributed by atoms with Crippen LogP contribution in [-0.2, 0) is 4.79 Å². The van der Waals surface area contributed by atoms with E-state index in [1.165, 1.54) is 44.2 Å². The Kier molecular flexibility index (Phi) is 6.38. The highest BCUT2D eigenvalue weighted by Gasteiger charge is 2.11. The van der Waals surface area contributed by atoms with Crippen LogP contribution < -0.4 is 20.1 Å². The van der Waals surface area contributed by atoms with Crippen molar-refractivity contribution in [1.29, 1.82) is 0 Å². The third kappa shape index (κ3) is 5.10. The van der Waals surface area contributed by atoms with Gasteiger partial charge < -0.3 is 14.8 Å².